The average molecular weight is 434 g/mol. The van der Waals surface area contributed by atoms with Crippen molar-refractivity contribution in [1.82, 2.24) is 15.1 Å². The van der Waals surface area contributed by atoms with Gasteiger partial charge in [-0.05, 0) is 37.6 Å². The summed E-state index contributed by atoms with van der Waals surface area (Å²) in [5.74, 6) is 1.22. The Morgan fingerprint density at radius 2 is 1.70 bits per heavy atom. The highest BCUT2D eigenvalue weighted by molar-refractivity contribution is 7.10. The molecule has 0 spiro atoms. The molecule has 2 heterocycles. The van der Waals surface area contributed by atoms with Crippen molar-refractivity contribution >= 4 is 17.2 Å². The summed E-state index contributed by atoms with van der Waals surface area (Å²) >= 11 is 1.73. The van der Waals surface area contributed by atoms with E-state index in [1.165, 1.54) is 4.88 Å². The summed E-state index contributed by atoms with van der Waals surface area (Å²) in [7, 11) is 6.78. The van der Waals surface area contributed by atoms with E-state index in [1.54, 1.807) is 44.8 Å². The van der Waals surface area contributed by atoms with Crippen molar-refractivity contribution < 1.29 is 19.0 Å². The zero-order valence-electron chi connectivity index (χ0n) is 18.3. The van der Waals surface area contributed by atoms with Crippen LogP contribution in [0.3, 0.4) is 0 Å². The Kier molecular flexibility index (Phi) is 7.58. The lowest BCUT2D eigenvalue weighted by molar-refractivity contribution is 0.0798. The van der Waals surface area contributed by atoms with Crippen molar-refractivity contribution in [2.75, 3.05) is 54.6 Å². The summed E-state index contributed by atoms with van der Waals surface area (Å²) in [6.07, 6.45) is 0. The number of rotatable bonds is 8. The van der Waals surface area contributed by atoms with E-state index < -0.39 is 0 Å². The highest BCUT2D eigenvalue weighted by Gasteiger charge is 2.30. The summed E-state index contributed by atoms with van der Waals surface area (Å²) < 4.78 is 16.1. The summed E-state index contributed by atoms with van der Waals surface area (Å²) in [6, 6.07) is 7.63. The van der Waals surface area contributed by atoms with Crippen LogP contribution in [0.2, 0.25) is 0 Å². The Balaban J connectivity index is 1.82. The van der Waals surface area contributed by atoms with Gasteiger partial charge in [-0.15, -0.1) is 11.3 Å². The van der Waals surface area contributed by atoms with Gasteiger partial charge in [-0.1, -0.05) is 6.07 Å². The van der Waals surface area contributed by atoms with E-state index in [9.17, 15) is 4.79 Å². The van der Waals surface area contributed by atoms with Crippen molar-refractivity contribution in [2.45, 2.75) is 19.0 Å². The van der Waals surface area contributed by atoms with Crippen LogP contribution in [-0.2, 0) is 0 Å². The molecular weight excluding hydrogens is 402 g/mol. The molecule has 0 saturated carbocycles. The third kappa shape index (κ3) is 4.88. The Bertz CT molecular complexity index is 810. The molecule has 30 heavy (non-hydrogen) atoms. The molecule has 2 atom stereocenters. The molecule has 0 radical (unpaired) electrons. The van der Waals surface area contributed by atoms with Crippen LogP contribution in [0.5, 0.6) is 17.2 Å². The number of ether oxygens (including phenoxy) is 3. The Morgan fingerprint density at radius 1 is 1.07 bits per heavy atom. The van der Waals surface area contributed by atoms with E-state index in [2.05, 4.69) is 46.6 Å². The molecule has 1 saturated heterocycles. The maximum Gasteiger partial charge on any atom is 0.251 e. The van der Waals surface area contributed by atoms with Crippen molar-refractivity contribution in [3.8, 4) is 17.2 Å². The number of hydrogen-bond donors (Lipinski definition) is 1. The van der Waals surface area contributed by atoms with E-state index >= 15 is 0 Å². The van der Waals surface area contributed by atoms with E-state index in [1.807, 2.05) is 0 Å². The van der Waals surface area contributed by atoms with Gasteiger partial charge >= 0.3 is 0 Å². The number of benzene rings is 1. The number of carbonyl (C=O) groups is 1. The molecule has 1 aromatic carbocycles. The summed E-state index contributed by atoms with van der Waals surface area (Å²) in [5, 5.41) is 5.28. The van der Waals surface area contributed by atoms with E-state index in [0.29, 0.717) is 22.8 Å². The van der Waals surface area contributed by atoms with Gasteiger partial charge in [-0.2, -0.15) is 0 Å². The van der Waals surface area contributed by atoms with Gasteiger partial charge in [0.2, 0.25) is 5.75 Å². The van der Waals surface area contributed by atoms with Crippen LogP contribution >= 0.6 is 11.3 Å². The van der Waals surface area contributed by atoms with Crippen LogP contribution in [0, 0.1) is 0 Å². The predicted octanol–water partition coefficient (Wildman–Crippen LogP) is 2.88. The van der Waals surface area contributed by atoms with Crippen molar-refractivity contribution in [3.63, 3.8) is 0 Å². The van der Waals surface area contributed by atoms with Crippen LogP contribution in [0.15, 0.2) is 29.6 Å². The molecule has 1 aliphatic heterocycles. The molecule has 2 unspecified atom stereocenters. The van der Waals surface area contributed by atoms with E-state index in [4.69, 9.17) is 14.2 Å². The second-order valence-electron chi connectivity index (χ2n) is 7.48. The molecule has 7 nitrogen and oxygen atoms in total. The van der Waals surface area contributed by atoms with Crippen LogP contribution in [0.4, 0.5) is 0 Å². The topological polar surface area (TPSA) is 63.3 Å². The number of amides is 1. The zero-order chi connectivity index (χ0) is 21.7. The first-order valence-corrected chi connectivity index (χ1v) is 10.9. The van der Waals surface area contributed by atoms with Gasteiger partial charge < -0.3 is 24.4 Å². The number of likely N-dealkylation sites (N-methyl/N-ethyl adjacent to an activating group) is 1. The third-order valence-corrected chi connectivity index (χ3v) is 6.47. The second-order valence-corrected chi connectivity index (χ2v) is 8.45. The number of thiophene rings is 1. The van der Waals surface area contributed by atoms with E-state index in [-0.39, 0.29) is 18.0 Å². The highest BCUT2D eigenvalue weighted by atomic mass is 32.1. The average Bonchev–Trinajstić information content (AvgIpc) is 3.28. The standard InChI is InChI=1S/C22H31N3O4S/c1-15(20(19-7-6-12-30-19)25-10-8-24(2)9-11-25)23-22(26)16-13-17(27-3)21(29-5)18(14-16)28-4/h6-7,12-15,20H,8-11H2,1-5H3,(H,23,26). The Labute approximate surface area is 182 Å². The minimum Gasteiger partial charge on any atom is -0.493 e. The van der Waals surface area contributed by atoms with Gasteiger partial charge in [0.1, 0.15) is 0 Å². The van der Waals surface area contributed by atoms with Gasteiger partial charge in [-0.25, -0.2) is 0 Å². The predicted molar refractivity (Wildman–Crippen MR) is 119 cm³/mol. The molecule has 8 heteroatoms. The molecular formula is C22H31N3O4S. The smallest absolute Gasteiger partial charge is 0.251 e. The molecule has 1 aromatic heterocycles. The fourth-order valence-electron chi connectivity index (χ4n) is 3.88. The summed E-state index contributed by atoms with van der Waals surface area (Å²) in [6.45, 7) is 6.07. The Morgan fingerprint density at radius 3 is 2.20 bits per heavy atom. The molecule has 0 bridgehead atoms. The van der Waals surface area contributed by atoms with Crippen LogP contribution in [-0.4, -0.2) is 76.3 Å². The first-order valence-electron chi connectivity index (χ1n) is 10.0. The van der Waals surface area contributed by atoms with Crippen LogP contribution < -0.4 is 19.5 Å². The molecule has 1 aliphatic rings. The highest BCUT2D eigenvalue weighted by Crippen LogP contribution is 2.38. The minimum atomic E-state index is -0.169. The minimum absolute atomic E-state index is 0.0707. The fourth-order valence-corrected chi connectivity index (χ4v) is 4.85. The number of methoxy groups -OCH3 is 3. The maximum absolute atomic E-state index is 13.1. The van der Waals surface area contributed by atoms with Crippen LogP contribution in [0.25, 0.3) is 0 Å². The normalized spacial score (nSPS) is 17.2. The van der Waals surface area contributed by atoms with Gasteiger partial charge in [-0.3, -0.25) is 9.69 Å². The molecule has 1 N–H and O–H groups in total. The third-order valence-electron chi connectivity index (χ3n) is 5.53. The molecule has 0 aliphatic carbocycles. The zero-order valence-corrected chi connectivity index (χ0v) is 19.1. The quantitative estimate of drug-likeness (QED) is 0.691. The van der Waals surface area contributed by atoms with Gasteiger partial charge in [0.25, 0.3) is 5.91 Å². The first-order chi connectivity index (χ1) is 14.5. The molecule has 164 valence electrons. The number of piperazine rings is 1. The molecule has 3 rings (SSSR count). The van der Waals surface area contributed by atoms with Crippen molar-refractivity contribution in [2.24, 2.45) is 0 Å². The molecule has 1 amide bonds. The lowest BCUT2D eigenvalue weighted by atomic mass is 10.0. The van der Waals surface area contributed by atoms with Crippen molar-refractivity contribution in [1.29, 1.82) is 0 Å². The molecule has 1 fully saturated rings. The van der Waals surface area contributed by atoms with Crippen LogP contribution in [0.1, 0.15) is 28.2 Å². The summed E-state index contributed by atoms with van der Waals surface area (Å²) in [4.78, 5) is 19.2. The van der Waals surface area contributed by atoms with E-state index in [0.717, 1.165) is 26.2 Å². The number of hydrogen-bond acceptors (Lipinski definition) is 7. The van der Waals surface area contributed by atoms with Gasteiger partial charge in [0.05, 0.1) is 27.4 Å². The number of nitrogens with zero attached hydrogens (tertiary/aromatic N) is 2. The molecule has 2 aromatic rings. The Hall–Kier alpha value is -2.29. The van der Waals surface area contributed by atoms with Crippen molar-refractivity contribution in [3.05, 3.63) is 40.1 Å². The largest absolute Gasteiger partial charge is 0.493 e. The monoisotopic (exact) mass is 433 g/mol. The summed E-state index contributed by atoms with van der Waals surface area (Å²) in [5.41, 5.74) is 0.472. The van der Waals surface area contributed by atoms with Gasteiger partial charge in [0.15, 0.2) is 11.5 Å². The fraction of sp³-hybridized carbons (Fsp3) is 0.500. The lowest BCUT2D eigenvalue weighted by Gasteiger charge is -2.40. The first kappa shape index (κ1) is 22.4. The number of nitrogens with one attached hydrogen (secondary N) is 1. The van der Waals surface area contributed by atoms with Gasteiger partial charge in [0, 0.05) is 42.7 Å². The second kappa shape index (κ2) is 10.1. The SMILES string of the molecule is COc1cc(C(=O)NC(C)C(c2cccs2)N2CCN(C)CC2)cc(OC)c1OC. The lowest BCUT2D eigenvalue weighted by Crippen LogP contribution is -2.51. The number of carbonyl (C=O) groups excluding carboxylic acids is 1. The maximum atomic E-state index is 13.1.